The van der Waals surface area contributed by atoms with Gasteiger partial charge in [0.2, 0.25) is 10.0 Å². The fourth-order valence-corrected chi connectivity index (χ4v) is 5.39. The summed E-state index contributed by atoms with van der Waals surface area (Å²) in [4.78, 5) is 26.3. The largest absolute Gasteiger partial charge is 0.360 e. The zero-order chi connectivity index (χ0) is 22.6. The lowest BCUT2D eigenvalue weighted by atomic mass is 10.2. The number of aromatic nitrogens is 1. The molecule has 168 valence electrons. The van der Waals surface area contributed by atoms with E-state index in [1.807, 2.05) is 4.90 Å². The molecule has 0 saturated carbocycles. The number of hydrogen-bond donors (Lipinski definition) is 2. The standard InChI is InChI=1S/C19H24BrN5O5S/c1-13-18(14(2)30-23-13)31(28,29)25-9-3-8-24(10-11-25)12-17(26)21-22-19(27)15-4-6-16(20)7-5-15/h4-7H,3,8-12H2,1-2H3,(H,21,26)(H,22,27). The van der Waals surface area contributed by atoms with E-state index in [-0.39, 0.29) is 29.7 Å². The molecular formula is C19H24BrN5O5S. The smallest absolute Gasteiger partial charge is 0.269 e. The van der Waals surface area contributed by atoms with Crippen LogP contribution in [0.4, 0.5) is 0 Å². The van der Waals surface area contributed by atoms with Crippen molar-refractivity contribution < 1.29 is 22.5 Å². The summed E-state index contributed by atoms with van der Waals surface area (Å²) in [5, 5.41) is 3.73. The van der Waals surface area contributed by atoms with Crippen molar-refractivity contribution >= 4 is 37.8 Å². The fraction of sp³-hybridized carbons (Fsp3) is 0.421. The highest BCUT2D eigenvalue weighted by Crippen LogP contribution is 2.24. The van der Waals surface area contributed by atoms with Crippen LogP contribution in [0.25, 0.3) is 0 Å². The van der Waals surface area contributed by atoms with Crippen molar-refractivity contribution in [3.8, 4) is 0 Å². The Morgan fingerprint density at radius 2 is 1.81 bits per heavy atom. The number of sulfonamides is 1. The second-order valence-electron chi connectivity index (χ2n) is 7.20. The molecule has 1 saturated heterocycles. The zero-order valence-corrected chi connectivity index (χ0v) is 19.6. The third-order valence-electron chi connectivity index (χ3n) is 4.90. The number of carbonyl (C=O) groups is 2. The molecule has 1 fully saturated rings. The summed E-state index contributed by atoms with van der Waals surface area (Å²) >= 11 is 3.30. The summed E-state index contributed by atoms with van der Waals surface area (Å²) in [7, 11) is -3.72. The fourth-order valence-electron chi connectivity index (χ4n) is 3.36. The average molecular weight is 514 g/mol. The Labute approximate surface area is 189 Å². The van der Waals surface area contributed by atoms with E-state index in [9.17, 15) is 18.0 Å². The molecule has 1 aromatic carbocycles. The number of rotatable bonds is 5. The summed E-state index contributed by atoms with van der Waals surface area (Å²) < 4.78 is 33.2. The predicted molar refractivity (Wildman–Crippen MR) is 116 cm³/mol. The van der Waals surface area contributed by atoms with Gasteiger partial charge in [0, 0.05) is 29.7 Å². The molecule has 0 aliphatic carbocycles. The summed E-state index contributed by atoms with van der Waals surface area (Å²) in [6.07, 6.45) is 0.571. The van der Waals surface area contributed by atoms with E-state index in [0.29, 0.717) is 37.3 Å². The monoisotopic (exact) mass is 513 g/mol. The van der Waals surface area contributed by atoms with Crippen LogP contribution in [0.1, 0.15) is 28.2 Å². The van der Waals surface area contributed by atoms with Crippen LogP contribution in [0.3, 0.4) is 0 Å². The first kappa shape index (κ1) is 23.4. The predicted octanol–water partition coefficient (Wildman–Crippen LogP) is 1.21. The van der Waals surface area contributed by atoms with Crippen LogP contribution in [-0.4, -0.2) is 67.3 Å². The molecular weight excluding hydrogens is 490 g/mol. The van der Waals surface area contributed by atoms with Gasteiger partial charge >= 0.3 is 0 Å². The lowest BCUT2D eigenvalue weighted by molar-refractivity contribution is -0.123. The number of hydrazine groups is 1. The third-order valence-corrected chi connectivity index (χ3v) is 7.57. The van der Waals surface area contributed by atoms with Crippen LogP contribution in [0, 0.1) is 13.8 Å². The van der Waals surface area contributed by atoms with E-state index < -0.39 is 15.9 Å². The molecule has 31 heavy (non-hydrogen) atoms. The lowest BCUT2D eigenvalue weighted by Gasteiger charge is -2.21. The molecule has 0 atom stereocenters. The maximum Gasteiger partial charge on any atom is 0.269 e. The molecule has 2 heterocycles. The molecule has 10 nitrogen and oxygen atoms in total. The van der Waals surface area contributed by atoms with Crippen LogP contribution in [-0.2, 0) is 14.8 Å². The molecule has 2 amide bonds. The van der Waals surface area contributed by atoms with Crippen molar-refractivity contribution in [2.24, 2.45) is 0 Å². The number of carbonyl (C=O) groups excluding carboxylic acids is 2. The van der Waals surface area contributed by atoms with Crippen LogP contribution in [0.5, 0.6) is 0 Å². The van der Waals surface area contributed by atoms with Gasteiger partial charge in [-0.05, 0) is 51.1 Å². The Hall–Kier alpha value is -2.28. The van der Waals surface area contributed by atoms with Crippen molar-refractivity contribution in [1.82, 2.24) is 25.2 Å². The highest BCUT2D eigenvalue weighted by Gasteiger charge is 2.32. The van der Waals surface area contributed by atoms with Gasteiger partial charge < -0.3 is 4.52 Å². The normalized spacial score (nSPS) is 16.0. The minimum atomic E-state index is -3.72. The number of nitrogens with zero attached hydrogens (tertiary/aromatic N) is 3. The van der Waals surface area contributed by atoms with Crippen molar-refractivity contribution in [2.45, 2.75) is 25.2 Å². The van der Waals surface area contributed by atoms with Gasteiger partial charge in [-0.2, -0.15) is 4.31 Å². The van der Waals surface area contributed by atoms with Gasteiger partial charge in [-0.1, -0.05) is 21.1 Å². The van der Waals surface area contributed by atoms with E-state index >= 15 is 0 Å². The van der Waals surface area contributed by atoms with E-state index in [1.54, 1.807) is 38.1 Å². The van der Waals surface area contributed by atoms with Gasteiger partial charge in [-0.3, -0.25) is 25.3 Å². The Bertz CT molecular complexity index is 1030. The maximum atomic E-state index is 13.0. The lowest BCUT2D eigenvalue weighted by Crippen LogP contribution is -2.47. The van der Waals surface area contributed by atoms with Gasteiger partial charge in [0.25, 0.3) is 11.8 Å². The Morgan fingerprint density at radius 1 is 1.10 bits per heavy atom. The molecule has 1 aliphatic heterocycles. The van der Waals surface area contributed by atoms with Gasteiger partial charge in [0.05, 0.1) is 6.54 Å². The molecule has 0 unspecified atom stereocenters. The van der Waals surface area contributed by atoms with Crippen LogP contribution in [0.15, 0.2) is 38.2 Å². The molecule has 12 heteroatoms. The molecule has 0 bridgehead atoms. The number of benzene rings is 1. The minimum absolute atomic E-state index is 0.0415. The SMILES string of the molecule is Cc1noc(C)c1S(=O)(=O)N1CCCN(CC(=O)NNC(=O)c2ccc(Br)cc2)CC1. The Balaban J connectivity index is 1.52. The number of nitrogens with one attached hydrogen (secondary N) is 2. The molecule has 1 aromatic heterocycles. The molecule has 2 aromatic rings. The van der Waals surface area contributed by atoms with E-state index in [2.05, 4.69) is 31.9 Å². The number of hydrogen-bond acceptors (Lipinski definition) is 7. The van der Waals surface area contributed by atoms with E-state index in [1.165, 1.54) is 4.31 Å². The molecule has 1 aliphatic rings. The van der Waals surface area contributed by atoms with Gasteiger partial charge in [-0.25, -0.2) is 8.42 Å². The summed E-state index contributed by atoms with van der Waals surface area (Å²) in [5.74, 6) is -0.541. The average Bonchev–Trinajstić information content (AvgIpc) is 2.91. The van der Waals surface area contributed by atoms with Crippen LogP contribution in [0.2, 0.25) is 0 Å². The zero-order valence-electron chi connectivity index (χ0n) is 17.2. The van der Waals surface area contributed by atoms with Crippen LogP contribution >= 0.6 is 15.9 Å². The third kappa shape index (κ3) is 5.70. The molecule has 0 radical (unpaired) electrons. The molecule has 2 N–H and O–H groups in total. The van der Waals surface area contributed by atoms with Crippen molar-refractivity contribution in [3.05, 3.63) is 45.8 Å². The van der Waals surface area contributed by atoms with Crippen molar-refractivity contribution in [2.75, 3.05) is 32.7 Å². The quantitative estimate of drug-likeness (QED) is 0.575. The summed E-state index contributed by atoms with van der Waals surface area (Å²) in [6, 6.07) is 6.73. The highest BCUT2D eigenvalue weighted by atomic mass is 79.9. The first-order chi connectivity index (χ1) is 14.7. The summed E-state index contributed by atoms with van der Waals surface area (Å²) in [6.45, 7) is 4.73. The van der Waals surface area contributed by atoms with Crippen molar-refractivity contribution in [1.29, 1.82) is 0 Å². The maximum absolute atomic E-state index is 13.0. The number of amides is 2. The summed E-state index contributed by atoms with van der Waals surface area (Å²) in [5.41, 5.74) is 5.53. The van der Waals surface area contributed by atoms with Gasteiger partial charge in [0.15, 0.2) is 5.76 Å². The Morgan fingerprint density at radius 3 is 2.45 bits per heavy atom. The van der Waals surface area contributed by atoms with Gasteiger partial charge in [-0.15, -0.1) is 0 Å². The second kappa shape index (κ2) is 9.90. The second-order valence-corrected chi connectivity index (χ2v) is 9.99. The van der Waals surface area contributed by atoms with Gasteiger partial charge in [0.1, 0.15) is 10.6 Å². The highest BCUT2D eigenvalue weighted by molar-refractivity contribution is 9.10. The first-order valence-electron chi connectivity index (χ1n) is 9.68. The first-order valence-corrected chi connectivity index (χ1v) is 11.9. The van der Waals surface area contributed by atoms with E-state index in [4.69, 9.17) is 4.52 Å². The Kier molecular flexibility index (Phi) is 7.46. The topological polar surface area (TPSA) is 125 Å². The molecule has 0 spiro atoms. The minimum Gasteiger partial charge on any atom is -0.360 e. The number of aryl methyl sites for hydroxylation is 2. The van der Waals surface area contributed by atoms with Crippen LogP contribution < -0.4 is 10.9 Å². The van der Waals surface area contributed by atoms with E-state index in [0.717, 1.165) is 4.47 Å². The molecule has 3 rings (SSSR count). The number of halogens is 1. The van der Waals surface area contributed by atoms with Crippen molar-refractivity contribution in [3.63, 3.8) is 0 Å².